The van der Waals surface area contributed by atoms with E-state index in [4.69, 9.17) is 5.73 Å². The normalized spacial score (nSPS) is 20.3. The van der Waals surface area contributed by atoms with E-state index >= 15 is 13.2 Å². The minimum absolute atomic E-state index is 0.0248. The Balaban J connectivity index is 1.79. The molecule has 1 unspecified atom stereocenters. The Hall–Kier alpha value is -2.53. The minimum atomic E-state index is -3.57. The van der Waals surface area contributed by atoms with Crippen molar-refractivity contribution < 1.29 is 22.0 Å². The Morgan fingerprint density at radius 3 is 2.61 bits per heavy atom. The van der Waals surface area contributed by atoms with E-state index in [2.05, 4.69) is 0 Å². The van der Waals surface area contributed by atoms with E-state index in [1.807, 2.05) is 4.98 Å². The molecular formula is C22H20F5N3O2S. The highest BCUT2D eigenvalue weighted by Crippen LogP contribution is 2.50. The number of halogens is 5. The van der Waals surface area contributed by atoms with Crippen LogP contribution < -0.4 is 17.0 Å². The number of thiophene rings is 1. The van der Waals surface area contributed by atoms with Gasteiger partial charge in [-0.05, 0) is 49.4 Å². The second kappa shape index (κ2) is 7.23. The molecule has 0 radical (unpaired) electrons. The van der Waals surface area contributed by atoms with E-state index in [1.54, 1.807) is 0 Å². The maximum Gasteiger partial charge on any atom is 0.336 e. The van der Waals surface area contributed by atoms with Gasteiger partial charge in [-0.3, -0.25) is 9.78 Å². The fourth-order valence-electron chi connectivity index (χ4n) is 4.79. The molecule has 5 rings (SSSR count). The van der Waals surface area contributed by atoms with Crippen LogP contribution in [0, 0.1) is 18.7 Å². The second-order valence-corrected chi connectivity index (χ2v) is 9.89. The maximum absolute atomic E-state index is 15.2. The monoisotopic (exact) mass is 485 g/mol. The van der Waals surface area contributed by atoms with Gasteiger partial charge in [0.1, 0.15) is 5.82 Å². The molecule has 176 valence electrons. The average Bonchev–Trinajstić information content (AvgIpc) is 3.50. The van der Waals surface area contributed by atoms with E-state index in [0.717, 1.165) is 17.4 Å². The highest BCUT2D eigenvalue weighted by Gasteiger charge is 2.50. The molecule has 33 heavy (non-hydrogen) atoms. The lowest BCUT2D eigenvalue weighted by Gasteiger charge is -2.30. The number of hydrogen-bond acceptors (Lipinski definition) is 4. The Bertz CT molecular complexity index is 1400. The topological polar surface area (TPSA) is 80.9 Å². The van der Waals surface area contributed by atoms with Gasteiger partial charge in [0.15, 0.2) is 0 Å². The van der Waals surface area contributed by atoms with Crippen LogP contribution in [-0.2, 0) is 12.5 Å². The van der Waals surface area contributed by atoms with Crippen molar-refractivity contribution in [2.45, 2.75) is 50.5 Å². The fraction of sp³-hybridized carbons (Fsp3) is 0.455. The molecule has 1 fully saturated rings. The maximum atomic E-state index is 15.2. The van der Waals surface area contributed by atoms with Crippen LogP contribution in [0.2, 0.25) is 0 Å². The van der Waals surface area contributed by atoms with E-state index in [9.17, 15) is 18.4 Å². The standard InChI is InChI=1S/C22H20F5N3O2S/c1-9-17(16-7-11-13(8-28)21(24,25)5-4-15(11)33-16)14(23)6-12-18(9)30(20(32)29-19(12)31)22(26,27)10-2-3-10/h6-7,10,13H,2-5,8,28H2,1H3,(H,29,31,32). The van der Waals surface area contributed by atoms with Crippen LogP contribution in [0.5, 0.6) is 0 Å². The molecule has 11 heteroatoms. The first-order valence-corrected chi connectivity index (χ1v) is 11.4. The molecule has 0 saturated heterocycles. The van der Waals surface area contributed by atoms with Gasteiger partial charge in [-0.25, -0.2) is 22.5 Å². The summed E-state index contributed by atoms with van der Waals surface area (Å²) < 4.78 is 74.4. The van der Waals surface area contributed by atoms with Crippen LogP contribution >= 0.6 is 11.3 Å². The molecular weight excluding hydrogens is 465 g/mol. The summed E-state index contributed by atoms with van der Waals surface area (Å²) in [5, 5.41) is -0.374. The third kappa shape index (κ3) is 3.27. The lowest BCUT2D eigenvalue weighted by Crippen LogP contribution is -2.41. The smallest absolute Gasteiger partial charge is 0.330 e. The summed E-state index contributed by atoms with van der Waals surface area (Å²) in [7, 11) is 0. The van der Waals surface area contributed by atoms with Crippen molar-refractivity contribution >= 4 is 22.2 Å². The molecule has 3 N–H and O–H groups in total. The number of nitrogens with two attached hydrogens (primary N) is 1. The van der Waals surface area contributed by atoms with Crippen LogP contribution in [0.1, 0.15) is 41.2 Å². The Kier molecular flexibility index (Phi) is 4.88. The van der Waals surface area contributed by atoms with Crippen LogP contribution in [0.4, 0.5) is 22.0 Å². The summed E-state index contributed by atoms with van der Waals surface area (Å²) >= 11 is 1.10. The lowest BCUT2D eigenvalue weighted by molar-refractivity contribution is -0.103. The van der Waals surface area contributed by atoms with E-state index in [-0.39, 0.29) is 63.7 Å². The minimum Gasteiger partial charge on any atom is -0.330 e. The molecule has 1 atom stereocenters. The number of fused-ring (bicyclic) bond motifs is 2. The number of nitrogens with zero attached hydrogens (tertiary/aromatic N) is 1. The third-order valence-corrected chi connectivity index (χ3v) is 7.88. The van der Waals surface area contributed by atoms with Crippen molar-refractivity contribution in [2.75, 3.05) is 6.54 Å². The zero-order chi connectivity index (χ0) is 23.9. The van der Waals surface area contributed by atoms with Crippen molar-refractivity contribution in [2.24, 2.45) is 11.7 Å². The molecule has 2 aliphatic rings. The van der Waals surface area contributed by atoms with Crippen LogP contribution in [0.15, 0.2) is 21.7 Å². The van der Waals surface area contributed by atoms with E-state index < -0.39 is 40.9 Å². The van der Waals surface area contributed by atoms with Gasteiger partial charge in [0, 0.05) is 34.2 Å². The highest BCUT2D eigenvalue weighted by molar-refractivity contribution is 7.15. The van der Waals surface area contributed by atoms with E-state index in [0.29, 0.717) is 10.4 Å². The van der Waals surface area contributed by atoms with Crippen molar-refractivity contribution in [3.8, 4) is 10.4 Å². The second-order valence-electron chi connectivity index (χ2n) is 8.75. The Morgan fingerprint density at radius 2 is 1.97 bits per heavy atom. The first-order chi connectivity index (χ1) is 15.5. The highest BCUT2D eigenvalue weighted by atomic mass is 32.1. The van der Waals surface area contributed by atoms with Gasteiger partial charge < -0.3 is 5.73 Å². The van der Waals surface area contributed by atoms with Gasteiger partial charge in [-0.1, -0.05) is 0 Å². The molecule has 2 heterocycles. The number of alkyl halides is 4. The van der Waals surface area contributed by atoms with Crippen molar-refractivity contribution in [1.29, 1.82) is 0 Å². The lowest BCUT2D eigenvalue weighted by atomic mass is 9.84. The SMILES string of the molecule is Cc1c(-c2cc3c(s2)CCC(F)(F)C3CN)c(F)cc2c(=O)[nH]c(=O)n(C(F)(F)C3CC3)c12. The fourth-order valence-corrected chi connectivity index (χ4v) is 6.11. The first-order valence-electron chi connectivity index (χ1n) is 10.5. The van der Waals surface area contributed by atoms with Gasteiger partial charge in [0.2, 0.25) is 0 Å². The summed E-state index contributed by atoms with van der Waals surface area (Å²) in [6.45, 7) is 1.06. The molecule has 0 spiro atoms. The van der Waals surface area contributed by atoms with Gasteiger partial charge >= 0.3 is 11.7 Å². The van der Waals surface area contributed by atoms with Gasteiger partial charge in [-0.15, -0.1) is 11.3 Å². The number of aromatic nitrogens is 2. The predicted molar refractivity (Wildman–Crippen MR) is 115 cm³/mol. The molecule has 0 amide bonds. The van der Waals surface area contributed by atoms with E-state index in [1.165, 1.54) is 13.0 Å². The number of aryl methyl sites for hydroxylation is 2. The first kappa shape index (κ1) is 22.3. The third-order valence-electron chi connectivity index (χ3n) is 6.65. The summed E-state index contributed by atoms with van der Waals surface area (Å²) in [4.78, 5) is 27.6. The van der Waals surface area contributed by atoms with Crippen molar-refractivity contribution in [3.05, 3.63) is 54.8 Å². The number of H-pyrrole nitrogens is 1. The summed E-state index contributed by atoms with van der Waals surface area (Å²) in [6.07, 6.45) is 0.143. The van der Waals surface area contributed by atoms with Crippen molar-refractivity contribution in [3.63, 3.8) is 0 Å². The summed E-state index contributed by atoms with van der Waals surface area (Å²) in [5.41, 5.74) is 3.20. The van der Waals surface area contributed by atoms with Crippen LogP contribution in [0.25, 0.3) is 21.3 Å². The molecule has 2 aromatic heterocycles. The molecule has 1 aromatic carbocycles. The average molecular weight is 485 g/mol. The van der Waals surface area contributed by atoms with Gasteiger partial charge in [0.05, 0.1) is 16.8 Å². The quantitative estimate of drug-likeness (QED) is 0.536. The van der Waals surface area contributed by atoms with Crippen LogP contribution in [0.3, 0.4) is 0 Å². The zero-order valence-electron chi connectivity index (χ0n) is 17.5. The summed E-state index contributed by atoms with van der Waals surface area (Å²) in [5.74, 6) is -6.15. The van der Waals surface area contributed by atoms with Gasteiger partial charge in [0.25, 0.3) is 11.5 Å². The molecule has 0 bridgehead atoms. The van der Waals surface area contributed by atoms with Gasteiger partial charge in [-0.2, -0.15) is 8.78 Å². The number of hydrogen-bond donors (Lipinski definition) is 2. The zero-order valence-corrected chi connectivity index (χ0v) is 18.3. The summed E-state index contributed by atoms with van der Waals surface area (Å²) in [6, 6.07) is -1.32. The molecule has 5 nitrogen and oxygen atoms in total. The Labute approximate surface area is 188 Å². The number of aromatic amines is 1. The number of nitrogens with one attached hydrogen (secondary N) is 1. The Morgan fingerprint density at radius 1 is 1.27 bits per heavy atom. The largest absolute Gasteiger partial charge is 0.336 e. The molecule has 2 aliphatic carbocycles. The predicted octanol–water partition coefficient (Wildman–Crippen LogP) is 4.45. The molecule has 3 aromatic rings. The van der Waals surface area contributed by atoms with Crippen LogP contribution in [-0.4, -0.2) is 22.0 Å². The molecule has 0 aliphatic heterocycles. The molecule has 1 saturated carbocycles. The number of benzene rings is 1. The van der Waals surface area contributed by atoms with Crippen molar-refractivity contribution in [1.82, 2.24) is 9.55 Å². The number of rotatable bonds is 4.